The van der Waals surface area contributed by atoms with E-state index in [1.54, 1.807) is 11.3 Å². The van der Waals surface area contributed by atoms with Crippen LogP contribution in [0.2, 0.25) is 0 Å². The van der Waals surface area contributed by atoms with E-state index in [4.69, 9.17) is 5.73 Å². The highest BCUT2D eigenvalue weighted by molar-refractivity contribution is 7.08. The fraction of sp³-hybridized carbons (Fsp3) is 0.643. The number of nitrogens with two attached hydrogens (primary N) is 1. The molecule has 1 fully saturated rings. The summed E-state index contributed by atoms with van der Waals surface area (Å²) in [5.41, 5.74) is 6.95. The molecular formula is C14H22N2OS. The molecule has 1 aliphatic rings. The lowest BCUT2D eigenvalue weighted by Gasteiger charge is -2.39. The van der Waals surface area contributed by atoms with Gasteiger partial charge in [-0.15, -0.1) is 0 Å². The summed E-state index contributed by atoms with van der Waals surface area (Å²) in [7, 11) is 0. The number of rotatable bonds is 3. The van der Waals surface area contributed by atoms with Crippen LogP contribution in [-0.2, 0) is 4.79 Å². The number of piperidine rings is 1. The van der Waals surface area contributed by atoms with Crippen LogP contribution >= 0.6 is 11.3 Å². The first-order chi connectivity index (χ1) is 8.63. The van der Waals surface area contributed by atoms with Crippen molar-refractivity contribution in [2.75, 3.05) is 13.1 Å². The number of carbonyl (C=O) groups excluding carboxylic acids is 1. The Morgan fingerprint density at radius 3 is 3.06 bits per heavy atom. The maximum absolute atomic E-state index is 12.5. The second kappa shape index (κ2) is 5.85. The summed E-state index contributed by atoms with van der Waals surface area (Å²) in [6.45, 7) is 5.67. The van der Waals surface area contributed by atoms with Gasteiger partial charge in [0.15, 0.2) is 0 Å². The second-order valence-corrected chi connectivity index (χ2v) is 6.11. The number of likely N-dealkylation sites (tertiary alicyclic amines) is 1. The molecule has 0 saturated carbocycles. The lowest BCUT2D eigenvalue weighted by molar-refractivity contribution is -0.136. The minimum Gasteiger partial charge on any atom is -0.338 e. The third-order valence-corrected chi connectivity index (χ3v) is 4.65. The normalized spacial score (nSPS) is 26.1. The van der Waals surface area contributed by atoms with Gasteiger partial charge < -0.3 is 10.6 Å². The Labute approximate surface area is 113 Å². The molecule has 2 N–H and O–H groups in total. The van der Waals surface area contributed by atoms with E-state index in [0.29, 0.717) is 12.5 Å². The number of thiophene rings is 1. The van der Waals surface area contributed by atoms with Gasteiger partial charge in [-0.05, 0) is 48.1 Å². The highest BCUT2D eigenvalue weighted by Crippen LogP contribution is 2.27. The Bertz CT molecular complexity index is 391. The third kappa shape index (κ3) is 2.75. The summed E-state index contributed by atoms with van der Waals surface area (Å²) < 4.78 is 0. The second-order valence-electron chi connectivity index (χ2n) is 5.33. The van der Waals surface area contributed by atoms with Gasteiger partial charge in [0.2, 0.25) is 5.91 Å². The molecule has 2 rings (SSSR count). The molecule has 100 valence electrons. The molecular weight excluding hydrogens is 244 g/mol. The lowest BCUT2D eigenvalue weighted by atomic mass is 9.90. The van der Waals surface area contributed by atoms with E-state index in [-0.39, 0.29) is 17.9 Å². The van der Waals surface area contributed by atoms with Gasteiger partial charge in [-0.3, -0.25) is 4.79 Å². The van der Waals surface area contributed by atoms with Gasteiger partial charge in [0.05, 0.1) is 5.92 Å². The Morgan fingerprint density at radius 1 is 1.67 bits per heavy atom. The van der Waals surface area contributed by atoms with Crippen molar-refractivity contribution in [3.05, 3.63) is 22.4 Å². The summed E-state index contributed by atoms with van der Waals surface area (Å²) in [5.74, 6) is 0.869. The van der Waals surface area contributed by atoms with Crippen molar-refractivity contribution in [1.29, 1.82) is 0 Å². The van der Waals surface area contributed by atoms with Gasteiger partial charge in [0, 0.05) is 19.1 Å². The maximum atomic E-state index is 12.5. The van der Waals surface area contributed by atoms with E-state index >= 15 is 0 Å². The van der Waals surface area contributed by atoms with Crippen LogP contribution in [0.15, 0.2) is 16.8 Å². The van der Waals surface area contributed by atoms with Gasteiger partial charge in [-0.2, -0.15) is 11.3 Å². The first-order valence-corrected chi connectivity index (χ1v) is 7.60. The summed E-state index contributed by atoms with van der Waals surface area (Å²) in [6, 6.07) is 2.26. The average molecular weight is 266 g/mol. The molecule has 2 heterocycles. The van der Waals surface area contributed by atoms with E-state index < -0.39 is 0 Å². The van der Waals surface area contributed by atoms with Crippen molar-refractivity contribution in [3.8, 4) is 0 Å². The molecule has 0 aromatic carbocycles. The standard InChI is InChI=1S/C14H22N2OS/c1-10-3-5-16(13(7-10)8-15)14(17)11(2)12-4-6-18-9-12/h4,6,9-11,13H,3,5,7-8,15H2,1-2H3. The first kappa shape index (κ1) is 13.6. The Balaban J connectivity index is 2.08. The zero-order valence-electron chi connectivity index (χ0n) is 11.1. The fourth-order valence-corrected chi connectivity index (χ4v) is 3.43. The molecule has 18 heavy (non-hydrogen) atoms. The van der Waals surface area contributed by atoms with Crippen molar-refractivity contribution >= 4 is 17.2 Å². The van der Waals surface area contributed by atoms with Gasteiger partial charge in [-0.1, -0.05) is 6.92 Å². The first-order valence-electron chi connectivity index (χ1n) is 6.66. The Morgan fingerprint density at radius 2 is 2.44 bits per heavy atom. The highest BCUT2D eigenvalue weighted by atomic mass is 32.1. The largest absolute Gasteiger partial charge is 0.338 e. The average Bonchev–Trinajstić information content (AvgIpc) is 2.90. The smallest absolute Gasteiger partial charge is 0.230 e. The lowest BCUT2D eigenvalue weighted by Crippen LogP contribution is -2.50. The molecule has 1 aliphatic heterocycles. The molecule has 0 radical (unpaired) electrons. The van der Waals surface area contributed by atoms with Gasteiger partial charge in [0.25, 0.3) is 0 Å². The molecule has 4 heteroatoms. The van der Waals surface area contributed by atoms with Crippen LogP contribution in [-0.4, -0.2) is 29.9 Å². The number of hydrogen-bond acceptors (Lipinski definition) is 3. The van der Waals surface area contributed by atoms with E-state index in [1.807, 2.05) is 23.3 Å². The van der Waals surface area contributed by atoms with Gasteiger partial charge in [0.1, 0.15) is 0 Å². The highest BCUT2D eigenvalue weighted by Gasteiger charge is 2.31. The number of nitrogens with zero attached hydrogens (tertiary/aromatic N) is 1. The summed E-state index contributed by atoms with van der Waals surface area (Å²) in [5, 5.41) is 4.09. The van der Waals surface area contributed by atoms with Crippen LogP contribution in [0.1, 0.15) is 38.2 Å². The van der Waals surface area contributed by atoms with Crippen molar-refractivity contribution < 1.29 is 4.79 Å². The monoisotopic (exact) mass is 266 g/mol. The Kier molecular flexibility index (Phi) is 4.40. The van der Waals surface area contributed by atoms with Crippen LogP contribution in [0.4, 0.5) is 0 Å². The summed E-state index contributed by atoms with van der Waals surface area (Å²) in [4.78, 5) is 14.5. The molecule has 0 bridgehead atoms. The fourth-order valence-electron chi connectivity index (χ4n) is 2.68. The molecule has 1 saturated heterocycles. The van der Waals surface area contributed by atoms with E-state index in [2.05, 4.69) is 12.3 Å². The predicted octanol–water partition coefficient (Wildman–Crippen LogP) is 2.44. The molecule has 1 amide bonds. The third-order valence-electron chi connectivity index (χ3n) is 3.95. The molecule has 3 nitrogen and oxygen atoms in total. The van der Waals surface area contributed by atoms with Crippen molar-refractivity contribution in [2.24, 2.45) is 11.7 Å². The molecule has 0 aliphatic carbocycles. The summed E-state index contributed by atoms with van der Waals surface area (Å²) >= 11 is 1.64. The van der Waals surface area contributed by atoms with E-state index in [0.717, 1.165) is 24.9 Å². The Hall–Kier alpha value is -0.870. The molecule has 1 aromatic rings. The summed E-state index contributed by atoms with van der Waals surface area (Å²) in [6.07, 6.45) is 2.14. The zero-order valence-corrected chi connectivity index (χ0v) is 12.0. The van der Waals surface area contributed by atoms with E-state index in [1.165, 1.54) is 0 Å². The number of carbonyl (C=O) groups is 1. The van der Waals surface area contributed by atoms with Crippen LogP contribution in [0, 0.1) is 5.92 Å². The van der Waals surface area contributed by atoms with Crippen LogP contribution < -0.4 is 5.73 Å². The minimum absolute atomic E-state index is 0.0429. The van der Waals surface area contributed by atoms with Crippen LogP contribution in [0.5, 0.6) is 0 Å². The topological polar surface area (TPSA) is 46.3 Å². The van der Waals surface area contributed by atoms with Gasteiger partial charge >= 0.3 is 0 Å². The van der Waals surface area contributed by atoms with Crippen molar-refractivity contribution in [2.45, 2.75) is 38.6 Å². The number of amides is 1. The zero-order chi connectivity index (χ0) is 13.1. The predicted molar refractivity (Wildman–Crippen MR) is 75.7 cm³/mol. The molecule has 1 aromatic heterocycles. The van der Waals surface area contributed by atoms with E-state index in [9.17, 15) is 4.79 Å². The van der Waals surface area contributed by atoms with Gasteiger partial charge in [-0.25, -0.2) is 0 Å². The molecule has 3 unspecified atom stereocenters. The van der Waals surface area contributed by atoms with Crippen LogP contribution in [0.3, 0.4) is 0 Å². The van der Waals surface area contributed by atoms with Crippen LogP contribution in [0.25, 0.3) is 0 Å². The molecule has 0 spiro atoms. The van der Waals surface area contributed by atoms with Crippen molar-refractivity contribution in [1.82, 2.24) is 4.90 Å². The SMILES string of the molecule is CC1CCN(C(=O)C(C)c2ccsc2)C(CN)C1. The van der Waals surface area contributed by atoms with Crippen molar-refractivity contribution in [3.63, 3.8) is 0 Å². The molecule has 3 atom stereocenters. The minimum atomic E-state index is -0.0429. The quantitative estimate of drug-likeness (QED) is 0.913. The maximum Gasteiger partial charge on any atom is 0.230 e. The number of hydrogen-bond donors (Lipinski definition) is 1.